The monoisotopic (exact) mass is 270 g/mol. The molecule has 1 atom stereocenters. The summed E-state index contributed by atoms with van der Waals surface area (Å²) in [6, 6.07) is 9.67. The van der Waals surface area contributed by atoms with Crippen molar-refractivity contribution in [3.05, 3.63) is 35.9 Å². The van der Waals surface area contributed by atoms with Gasteiger partial charge in [0.05, 0.1) is 13.0 Å². The summed E-state index contributed by atoms with van der Waals surface area (Å²) in [5, 5.41) is 0. The van der Waals surface area contributed by atoms with Gasteiger partial charge in [0.1, 0.15) is 12.1 Å². The van der Waals surface area contributed by atoms with Crippen molar-refractivity contribution in [1.82, 2.24) is 4.31 Å². The van der Waals surface area contributed by atoms with Crippen LogP contribution in [0.1, 0.15) is 18.4 Å². The lowest BCUT2D eigenvalue weighted by molar-refractivity contribution is 0.209. The molecule has 0 N–H and O–H groups in total. The quantitative estimate of drug-likeness (QED) is 0.277. The van der Waals surface area contributed by atoms with E-state index in [1.165, 1.54) is 14.2 Å². The minimum absolute atomic E-state index is 0.0631. The Morgan fingerprint density at radius 2 is 2.06 bits per heavy atom. The largest absolute Gasteiger partial charge is 0.483 e. The van der Waals surface area contributed by atoms with Crippen LogP contribution in [0.4, 0.5) is 9.18 Å². The van der Waals surface area contributed by atoms with Crippen LogP contribution in [0.25, 0.3) is 0 Å². The van der Waals surface area contributed by atoms with E-state index < -0.39 is 6.16 Å². The van der Waals surface area contributed by atoms with E-state index in [4.69, 9.17) is 4.74 Å². The Balaban J connectivity index is 2.77. The van der Waals surface area contributed by atoms with Crippen LogP contribution in [0.5, 0.6) is 0 Å². The molecule has 4 nitrogen and oxygen atoms in total. The first-order valence-electron chi connectivity index (χ1n) is 5.33. The molecule has 0 aliphatic heterocycles. The molecule has 1 unspecified atom stereocenters. The SMILES string of the molecule is CO/C(=N\SN(C)C(=O)F)C(C)c1ccccc1. The highest BCUT2D eigenvalue weighted by molar-refractivity contribution is 7.96. The average molecular weight is 270 g/mol. The third-order valence-electron chi connectivity index (χ3n) is 2.38. The number of benzene rings is 1. The van der Waals surface area contributed by atoms with E-state index in [9.17, 15) is 9.18 Å². The first-order valence-corrected chi connectivity index (χ1v) is 6.06. The molecule has 0 saturated heterocycles. The number of carbonyl (C=O) groups is 1. The first kappa shape index (κ1) is 14.5. The number of methoxy groups -OCH3 is 1. The van der Waals surface area contributed by atoms with Gasteiger partial charge in [-0.05, 0) is 12.5 Å². The summed E-state index contributed by atoms with van der Waals surface area (Å²) in [5.74, 6) is 0.367. The van der Waals surface area contributed by atoms with Crippen LogP contribution in [-0.4, -0.2) is 30.5 Å². The van der Waals surface area contributed by atoms with Gasteiger partial charge in [0.25, 0.3) is 0 Å². The van der Waals surface area contributed by atoms with Crippen molar-refractivity contribution in [2.75, 3.05) is 14.2 Å². The summed E-state index contributed by atoms with van der Waals surface area (Å²) in [5.41, 5.74) is 1.04. The lowest BCUT2D eigenvalue weighted by Crippen LogP contribution is -2.15. The van der Waals surface area contributed by atoms with Gasteiger partial charge in [0, 0.05) is 7.05 Å². The molecule has 0 radical (unpaired) electrons. The number of carbonyl (C=O) groups excluding carboxylic acids is 1. The molecule has 0 heterocycles. The van der Waals surface area contributed by atoms with Crippen LogP contribution in [0.15, 0.2) is 34.7 Å². The van der Waals surface area contributed by atoms with Crippen molar-refractivity contribution in [3.8, 4) is 0 Å². The highest BCUT2D eigenvalue weighted by Crippen LogP contribution is 2.20. The predicted octanol–water partition coefficient (Wildman–Crippen LogP) is 3.42. The maximum Gasteiger partial charge on any atom is 0.411 e. The van der Waals surface area contributed by atoms with Gasteiger partial charge in [-0.3, -0.25) is 0 Å². The summed E-state index contributed by atoms with van der Waals surface area (Å²) in [4.78, 5) is 10.4. The van der Waals surface area contributed by atoms with Gasteiger partial charge in [-0.15, -0.1) is 4.39 Å². The van der Waals surface area contributed by atoms with Crippen LogP contribution in [-0.2, 0) is 4.74 Å². The molecule has 0 bridgehead atoms. The molecular formula is C12H15FN2O2S. The maximum absolute atomic E-state index is 12.3. The zero-order valence-corrected chi connectivity index (χ0v) is 11.3. The minimum Gasteiger partial charge on any atom is -0.483 e. The maximum atomic E-state index is 12.3. The van der Waals surface area contributed by atoms with Crippen LogP contribution in [0, 0.1) is 0 Å². The first-order chi connectivity index (χ1) is 8.56. The van der Waals surface area contributed by atoms with Gasteiger partial charge >= 0.3 is 6.16 Å². The minimum atomic E-state index is -1.55. The predicted molar refractivity (Wildman–Crippen MR) is 71.2 cm³/mol. The summed E-state index contributed by atoms with van der Waals surface area (Å²) < 4.78 is 22.3. The lowest BCUT2D eigenvalue weighted by Gasteiger charge is -2.14. The van der Waals surface area contributed by atoms with Crippen molar-refractivity contribution in [2.24, 2.45) is 4.40 Å². The van der Waals surface area contributed by atoms with Gasteiger partial charge in [-0.2, -0.15) is 4.40 Å². The number of halogens is 1. The third-order valence-corrected chi connectivity index (χ3v) is 3.03. The van der Waals surface area contributed by atoms with Gasteiger partial charge in [-0.25, -0.2) is 9.10 Å². The molecule has 1 amide bonds. The third kappa shape index (κ3) is 4.03. The van der Waals surface area contributed by atoms with Gasteiger partial charge in [0.2, 0.25) is 5.90 Å². The van der Waals surface area contributed by atoms with E-state index in [-0.39, 0.29) is 5.92 Å². The second kappa shape index (κ2) is 7.00. The fourth-order valence-corrected chi connectivity index (χ4v) is 1.81. The topological polar surface area (TPSA) is 41.9 Å². The van der Waals surface area contributed by atoms with E-state index in [1.54, 1.807) is 0 Å². The zero-order valence-electron chi connectivity index (χ0n) is 10.5. The van der Waals surface area contributed by atoms with Crippen molar-refractivity contribution in [2.45, 2.75) is 12.8 Å². The molecule has 1 rings (SSSR count). The summed E-state index contributed by atoms with van der Waals surface area (Å²) in [6.45, 7) is 1.93. The van der Waals surface area contributed by atoms with E-state index >= 15 is 0 Å². The van der Waals surface area contributed by atoms with Crippen molar-refractivity contribution in [3.63, 3.8) is 0 Å². The molecule has 0 aromatic heterocycles. The Morgan fingerprint density at radius 3 is 2.56 bits per heavy atom. The molecule has 0 fully saturated rings. The molecule has 0 spiro atoms. The summed E-state index contributed by atoms with van der Waals surface area (Å²) >= 11 is 0.712. The molecule has 0 saturated carbocycles. The standard InChI is InChI=1S/C12H15FN2O2S/c1-9(10-7-5-4-6-8-10)11(17-3)14-18-15(2)12(13)16/h4-9H,1-3H3/b14-11-. The summed E-state index contributed by atoms with van der Waals surface area (Å²) in [7, 11) is 2.80. The van der Waals surface area contributed by atoms with Crippen molar-refractivity contribution in [1.29, 1.82) is 0 Å². The molecule has 0 aliphatic rings. The second-order valence-corrected chi connectivity index (χ2v) is 4.49. The van der Waals surface area contributed by atoms with Crippen LogP contribution < -0.4 is 0 Å². The van der Waals surface area contributed by atoms with Crippen molar-refractivity contribution < 1.29 is 13.9 Å². The van der Waals surface area contributed by atoms with Crippen molar-refractivity contribution >= 4 is 24.2 Å². The van der Waals surface area contributed by atoms with Crippen LogP contribution in [0.2, 0.25) is 0 Å². The van der Waals surface area contributed by atoms with Gasteiger partial charge < -0.3 is 4.74 Å². The number of rotatable bonds is 4. The Labute approximate surface area is 110 Å². The number of amides is 1. The Morgan fingerprint density at radius 1 is 1.44 bits per heavy atom. The number of nitrogens with zero attached hydrogens (tertiary/aromatic N) is 2. The molecule has 6 heteroatoms. The van der Waals surface area contributed by atoms with Gasteiger partial charge in [0.15, 0.2) is 0 Å². The molecule has 98 valence electrons. The van der Waals surface area contributed by atoms with Crippen LogP contribution in [0.3, 0.4) is 0 Å². The Hall–Kier alpha value is -1.56. The zero-order chi connectivity index (χ0) is 13.5. The molecule has 1 aromatic rings. The van der Waals surface area contributed by atoms with E-state index in [2.05, 4.69) is 4.40 Å². The highest BCUT2D eigenvalue weighted by Gasteiger charge is 2.15. The second-order valence-electron chi connectivity index (χ2n) is 3.60. The number of hydrogen-bond acceptors (Lipinski definition) is 4. The normalized spacial score (nSPS) is 13.0. The smallest absolute Gasteiger partial charge is 0.411 e. The van der Waals surface area contributed by atoms with Gasteiger partial charge in [-0.1, -0.05) is 30.3 Å². The number of hydrogen-bond donors (Lipinski definition) is 0. The molecular weight excluding hydrogens is 255 g/mol. The lowest BCUT2D eigenvalue weighted by atomic mass is 10.0. The Bertz CT molecular complexity index is 425. The average Bonchev–Trinajstić information content (AvgIpc) is 2.39. The van der Waals surface area contributed by atoms with E-state index in [1.807, 2.05) is 37.3 Å². The Kier molecular flexibility index (Phi) is 5.64. The summed E-state index contributed by atoms with van der Waals surface area (Å²) in [6.07, 6.45) is -1.55. The molecule has 0 aliphatic carbocycles. The van der Waals surface area contributed by atoms with E-state index in [0.29, 0.717) is 18.0 Å². The molecule has 18 heavy (non-hydrogen) atoms. The fraction of sp³-hybridized carbons (Fsp3) is 0.333. The molecule has 1 aromatic carbocycles. The highest BCUT2D eigenvalue weighted by atomic mass is 32.2. The van der Waals surface area contributed by atoms with E-state index in [0.717, 1.165) is 9.87 Å². The number of ether oxygens (including phenoxy) is 1. The van der Waals surface area contributed by atoms with Crippen LogP contribution >= 0.6 is 12.1 Å². The fourth-order valence-electron chi connectivity index (χ4n) is 1.31.